The second kappa shape index (κ2) is 7.12. The average molecular weight is 300 g/mol. The van der Waals surface area contributed by atoms with Gasteiger partial charge in [0.1, 0.15) is 23.0 Å². The van der Waals surface area contributed by atoms with Crippen molar-refractivity contribution in [2.45, 2.75) is 0 Å². The Bertz CT molecular complexity index is 711. The van der Waals surface area contributed by atoms with Crippen molar-refractivity contribution in [1.29, 1.82) is 0 Å². The fourth-order valence-electron chi connectivity index (χ4n) is 1.79. The molecule has 0 unspecified atom stereocenters. The molecule has 22 heavy (non-hydrogen) atoms. The van der Waals surface area contributed by atoms with Gasteiger partial charge in [0, 0.05) is 17.7 Å². The van der Waals surface area contributed by atoms with Gasteiger partial charge in [-0.15, -0.1) is 0 Å². The first-order chi connectivity index (χ1) is 10.7. The summed E-state index contributed by atoms with van der Waals surface area (Å²) >= 11 is 0. The fraction of sp³-hybridized carbons (Fsp3) is 0.125. The summed E-state index contributed by atoms with van der Waals surface area (Å²) in [4.78, 5) is 0. The zero-order valence-electron chi connectivity index (χ0n) is 12.2. The Hall–Kier alpha value is -3.02. The molecule has 2 aromatic carbocycles. The maximum absolute atomic E-state index is 9.95. The summed E-state index contributed by atoms with van der Waals surface area (Å²) < 4.78 is 10.2. The monoisotopic (exact) mass is 300 g/mol. The number of hydrogen-bond donors (Lipinski definition) is 2. The minimum atomic E-state index is -0.0299. The average Bonchev–Trinajstić information content (AvgIpc) is 2.53. The van der Waals surface area contributed by atoms with Gasteiger partial charge in [-0.05, 0) is 12.1 Å². The molecular formula is C16H16N2O4. The lowest BCUT2D eigenvalue weighted by atomic mass is 10.2. The molecular weight excluding hydrogens is 284 g/mol. The minimum Gasteiger partial charge on any atom is -0.507 e. The third-order valence-electron chi connectivity index (χ3n) is 2.94. The first-order valence-electron chi connectivity index (χ1n) is 6.45. The first kappa shape index (κ1) is 15.4. The number of aromatic hydroxyl groups is 2. The van der Waals surface area contributed by atoms with Crippen LogP contribution in [0.3, 0.4) is 0 Å². The Morgan fingerprint density at radius 2 is 1.64 bits per heavy atom. The van der Waals surface area contributed by atoms with Crippen molar-refractivity contribution in [3.8, 4) is 23.0 Å². The van der Waals surface area contributed by atoms with Crippen molar-refractivity contribution in [1.82, 2.24) is 0 Å². The lowest BCUT2D eigenvalue weighted by Gasteiger charge is -2.08. The number of benzene rings is 2. The van der Waals surface area contributed by atoms with E-state index in [4.69, 9.17) is 9.47 Å². The molecule has 6 heteroatoms. The van der Waals surface area contributed by atoms with Gasteiger partial charge >= 0.3 is 0 Å². The quantitative estimate of drug-likeness (QED) is 0.656. The summed E-state index contributed by atoms with van der Waals surface area (Å²) in [6, 6.07) is 9.85. The Kier molecular flexibility index (Phi) is 4.98. The number of para-hydroxylation sites is 1. The van der Waals surface area contributed by atoms with Crippen molar-refractivity contribution < 1.29 is 19.7 Å². The van der Waals surface area contributed by atoms with Crippen LogP contribution in [0.25, 0.3) is 0 Å². The van der Waals surface area contributed by atoms with Crippen molar-refractivity contribution in [2.24, 2.45) is 10.2 Å². The maximum atomic E-state index is 9.95. The molecule has 114 valence electrons. The van der Waals surface area contributed by atoms with E-state index in [1.165, 1.54) is 32.7 Å². The van der Waals surface area contributed by atoms with E-state index in [0.717, 1.165) is 0 Å². The van der Waals surface area contributed by atoms with Gasteiger partial charge in [0.05, 0.1) is 32.2 Å². The summed E-state index contributed by atoms with van der Waals surface area (Å²) in [6.07, 6.45) is 2.78. The number of phenols is 2. The molecule has 0 aliphatic carbocycles. The summed E-state index contributed by atoms with van der Waals surface area (Å²) in [5.41, 5.74) is 0.934. The standard InChI is InChI=1S/C16H16N2O4/c1-21-12-7-15(20)13(16(8-12)22-2)10-18-17-9-11-5-3-4-6-14(11)19/h3-10,19-20H,1-2H3/b17-9-,18-10+. The maximum Gasteiger partial charge on any atom is 0.135 e. The van der Waals surface area contributed by atoms with Gasteiger partial charge in [-0.2, -0.15) is 10.2 Å². The summed E-state index contributed by atoms with van der Waals surface area (Å²) in [5, 5.41) is 27.2. The van der Waals surface area contributed by atoms with Crippen LogP contribution in [0, 0.1) is 0 Å². The molecule has 0 fully saturated rings. The number of hydrogen-bond acceptors (Lipinski definition) is 6. The van der Waals surface area contributed by atoms with Gasteiger partial charge in [0.2, 0.25) is 0 Å². The van der Waals surface area contributed by atoms with E-state index >= 15 is 0 Å². The highest BCUT2D eigenvalue weighted by Crippen LogP contribution is 2.31. The Balaban J connectivity index is 2.22. The normalized spacial score (nSPS) is 11.2. The SMILES string of the molecule is COc1cc(O)c(/C=N/N=C\c2ccccc2O)c(OC)c1. The molecule has 0 radical (unpaired) electrons. The van der Waals surface area contributed by atoms with Crippen LogP contribution in [0.1, 0.15) is 11.1 Å². The molecule has 0 saturated carbocycles. The molecule has 2 rings (SSSR count). The van der Waals surface area contributed by atoms with Crippen LogP contribution in [0.4, 0.5) is 0 Å². The minimum absolute atomic E-state index is 0.0299. The van der Waals surface area contributed by atoms with Gasteiger partial charge in [0.25, 0.3) is 0 Å². The molecule has 0 aromatic heterocycles. The number of ether oxygens (including phenoxy) is 2. The number of nitrogens with zero attached hydrogens (tertiary/aromatic N) is 2. The molecule has 2 aromatic rings. The van der Waals surface area contributed by atoms with Crippen molar-refractivity contribution in [2.75, 3.05) is 14.2 Å². The van der Waals surface area contributed by atoms with Crippen molar-refractivity contribution in [3.05, 3.63) is 47.5 Å². The first-order valence-corrected chi connectivity index (χ1v) is 6.45. The van der Waals surface area contributed by atoms with Crippen LogP contribution in [-0.4, -0.2) is 36.9 Å². The summed E-state index contributed by atoms with van der Waals surface area (Å²) in [7, 11) is 2.98. The third kappa shape index (κ3) is 3.54. The van der Waals surface area contributed by atoms with Crippen molar-refractivity contribution >= 4 is 12.4 Å². The lowest BCUT2D eigenvalue weighted by Crippen LogP contribution is -1.93. The largest absolute Gasteiger partial charge is 0.507 e. The number of phenolic OH excluding ortho intramolecular Hbond substituents is 2. The third-order valence-corrected chi connectivity index (χ3v) is 2.94. The van der Waals surface area contributed by atoms with Crippen LogP contribution >= 0.6 is 0 Å². The highest BCUT2D eigenvalue weighted by Gasteiger charge is 2.09. The van der Waals surface area contributed by atoms with Gasteiger partial charge in [-0.1, -0.05) is 12.1 Å². The zero-order chi connectivity index (χ0) is 15.9. The Labute approximate surface area is 128 Å². The van der Waals surface area contributed by atoms with Crippen LogP contribution in [0.15, 0.2) is 46.6 Å². The molecule has 6 nitrogen and oxygen atoms in total. The van der Waals surface area contributed by atoms with Gasteiger partial charge < -0.3 is 19.7 Å². The molecule has 0 aliphatic heterocycles. The van der Waals surface area contributed by atoms with Crippen LogP contribution in [0.2, 0.25) is 0 Å². The summed E-state index contributed by atoms with van der Waals surface area (Å²) in [5.74, 6) is 0.978. The molecule has 0 bridgehead atoms. The number of methoxy groups -OCH3 is 2. The smallest absolute Gasteiger partial charge is 0.135 e. The lowest BCUT2D eigenvalue weighted by molar-refractivity contribution is 0.384. The van der Waals surface area contributed by atoms with E-state index in [2.05, 4.69) is 10.2 Å². The molecule has 0 aliphatic rings. The van der Waals surface area contributed by atoms with Crippen LogP contribution < -0.4 is 9.47 Å². The van der Waals surface area contributed by atoms with Crippen LogP contribution in [0.5, 0.6) is 23.0 Å². The van der Waals surface area contributed by atoms with E-state index in [9.17, 15) is 10.2 Å². The second-order valence-electron chi connectivity index (χ2n) is 4.31. The molecule has 0 atom stereocenters. The van der Waals surface area contributed by atoms with Gasteiger partial charge in [0.15, 0.2) is 0 Å². The Morgan fingerprint density at radius 3 is 2.32 bits per heavy atom. The molecule has 0 saturated heterocycles. The van der Waals surface area contributed by atoms with E-state index in [1.54, 1.807) is 30.3 Å². The highest BCUT2D eigenvalue weighted by atomic mass is 16.5. The predicted molar refractivity (Wildman–Crippen MR) is 84.5 cm³/mol. The van der Waals surface area contributed by atoms with E-state index in [1.807, 2.05) is 0 Å². The van der Waals surface area contributed by atoms with E-state index in [0.29, 0.717) is 22.6 Å². The molecule has 0 heterocycles. The van der Waals surface area contributed by atoms with Gasteiger partial charge in [-0.25, -0.2) is 0 Å². The predicted octanol–water partition coefficient (Wildman–Crippen LogP) is 2.57. The highest BCUT2D eigenvalue weighted by molar-refractivity contribution is 5.89. The molecule has 0 spiro atoms. The van der Waals surface area contributed by atoms with Gasteiger partial charge in [-0.3, -0.25) is 0 Å². The summed E-state index contributed by atoms with van der Waals surface area (Å²) in [6.45, 7) is 0. The molecule has 0 amide bonds. The van der Waals surface area contributed by atoms with Crippen LogP contribution in [-0.2, 0) is 0 Å². The van der Waals surface area contributed by atoms with E-state index < -0.39 is 0 Å². The number of rotatable bonds is 5. The van der Waals surface area contributed by atoms with E-state index in [-0.39, 0.29) is 11.5 Å². The second-order valence-corrected chi connectivity index (χ2v) is 4.31. The molecule has 2 N–H and O–H groups in total. The Morgan fingerprint density at radius 1 is 0.909 bits per heavy atom. The fourth-order valence-corrected chi connectivity index (χ4v) is 1.79. The van der Waals surface area contributed by atoms with Crippen molar-refractivity contribution in [3.63, 3.8) is 0 Å². The zero-order valence-corrected chi connectivity index (χ0v) is 12.2. The topological polar surface area (TPSA) is 83.6 Å².